The molecule has 5 heteroatoms. The Kier molecular flexibility index (Phi) is 15.4. The Morgan fingerprint density at radius 3 is 2.39 bits per heavy atom. The van der Waals surface area contributed by atoms with Crippen molar-refractivity contribution in [2.45, 2.75) is 83.7 Å². The van der Waals surface area contributed by atoms with Crippen LogP contribution in [0.4, 0.5) is 0 Å². The van der Waals surface area contributed by atoms with Gasteiger partial charge < -0.3 is 10.2 Å². The van der Waals surface area contributed by atoms with Crippen molar-refractivity contribution >= 4 is 16.8 Å². The molecule has 0 aromatic rings. The van der Waals surface area contributed by atoms with E-state index in [9.17, 15) is 14.1 Å². The summed E-state index contributed by atoms with van der Waals surface area (Å²) in [4.78, 5) is 10.3. The molecule has 0 bridgehead atoms. The van der Waals surface area contributed by atoms with E-state index in [1.807, 2.05) is 0 Å². The minimum atomic E-state index is -0.868. The van der Waals surface area contributed by atoms with E-state index in [-0.39, 0.29) is 6.42 Å². The number of unbranched alkanes of at least 4 members (excludes halogenated alkanes) is 6. The molecule has 0 aromatic carbocycles. The second kappa shape index (κ2) is 16.0. The highest BCUT2D eigenvalue weighted by Crippen LogP contribution is 2.06. The van der Waals surface area contributed by atoms with Gasteiger partial charge in [0.1, 0.15) is 6.10 Å². The molecule has 0 saturated carbocycles. The van der Waals surface area contributed by atoms with Gasteiger partial charge in [-0.05, 0) is 25.7 Å². The number of carbonyl (C=O) groups is 1. The molecule has 1 unspecified atom stereocenters. The summed E-state index contributed by atoms with van der Waals surface area (Å²) in [7, 11) is -0.868. The third-order valence-corrected chi connectivity index (χ3v) is 5.02. The third kappa shape index (κ3) is 17.3. The molecule has 0 aliphatic carbocycles. The van der Waals surface area contributed by atoms with Crippen molar-refractivity contribution in [3.63, 3.8) is 0 Å². The van der Waals surface area contributed by atoms with Crippen molar-refractivity contribution < 1.29 is 19.2 Å². The van der Waals surface area contributed by atoms with Gasteiger partial charge in [-0.25, -0.2) is 0 Å². The molecule has 0 spiro atoms. The quantitative estimate of drug-likeness (QED) is 0.374. The van der Waals surface area contributed by atoms with E-state index in [2.05, 4.69) is 18.8 Å². The van der Waals surface area contributed by atoms with Gasteiger partial charge in [-0.2, -0.15) is 0 Å². The highest BCUT2D eigenvalue weighted by Gasteiger charge is 2.02. The highest BCUT2D eigenvalue weighted by atomic mass is 32.2. The lowest BCUT2D eigenvalue weighted by Gasteiger charge is -2.02. The van der Waals surface area contributed by atoms with Crippen LogP contribution in [0.25, 0.3) is 0 Å². The zero-order valence-corrected chi connectivity index (χ0v) is 15.2. The number of carboxylic acid groups (broad SMARTS) is 1. The van der Waals surface area contributed by atoms with Gasteiger partial charge in [-0.1, -0.05) is 44.9 Å². The topological polar surface area (TPSA) is 74.6 Å². The maximum Gasteiger partial charge on any atom is 0.303 e. The van der Waals surface area contributed by atoms with Crippen LogP contribution in [0.5, 0.6) is 0 Å². The predicted octanol–water partition coefficient (Wildman–Crippen LogP) is 3.50. The van der Waals surface area contributed by atoms with Crippen molar-refractivity contribution in [3.8, 4) is 11.8 Å². The minimum absolute atomic E-state index is 0.111. The van der Waals surface area contributed by atoms with E-state index in [0.29, 0.717) is 17.9 Å². The molecule has 0 aliphatic rings. The van der Waals surface area contributed by atoms with Gasteiger partial charge in [0.15, 0.2) is 0 Å². The Morgan fingerprint density at radius 1 is 1.04 bits per heavy atom. The fraction of sp³-hybridized carbons (Fsp3) is 0.833. The molecular weight excluding hydrogens is 312 g/mol. The van der Waals surface area contributed by atoms with Gasteiger partial charge >= 0.3 is 5.97 Å². The lowest BCUT2D eigenvalue weighted by molar-refractivity contribution is -0.137. The molecule has 134 valence electrons. The van der Waals surface area contributed by atoms with Gasteiger partial charge in [-0.3, -0.25) is 9.00 Å². The molecule has 0 fully saturated rings. The van der Waals surface area contributed by atoms with Crippen LogP contribution in [0, 0.1) is 11.8 Å². The molecule has 0 amide bonds. The summed E-state index contributed by atoms with van der Waals surface area (Å²) in [5.41, 5.74) is 0. The molecule has 2 atom stereocenters. The predicted molar refractivity (Wildman–Crippen MR) is 95.8 cm³/mol. The Bertz CT molecular complexity index is 384. The van der Waals surface area contributed by atoms with Crippen molar-refractivity contribution in [1.82, 2.24) is 0 Å². The van der Waals surface area contributed by atoms with Crippen LogP contribution in [-0.4, -0.2) is 38.0 Å². The van der Waals surface area contributed by atoms with Gasteiger partial charge in [-0.15, -0.1) is 5.92 Å². The van der Waals surface area contributed by atoms with Crippen LogP contribution in [-0.2, 0) is 15.6 Å². The molecular formula is C18H32O4S. The summed E-state index contributed by atoms with van der Waals surface area (Å²) in [6, 6.07) is 0. The smallest absolute Gasteiger partial charge is 0.303 e. The molecule has 0 saturated heterocycles. The zero-order valence-electron chi connectivity index (χ0n) is 14.4. The third-order valence-electron chi connectivity index (χ3n) is 3.54. The van der Waals surface area contributed by atoms with E-state index >= 15 is 0 Å². The van der Waals surface area contributed by atoms with Crippen LogP contribution < -0.4 is 0 Å². The summed E-state index contributed by atoms with van der Waals surface area (Å²) in [5.74, 6) is 6.29. The van der Waals surface area contributed by atoms with Crippen molar-refractivity contribution in [1.29, 1.82) is 0 Å². The first-order valence-electron chi connectivity index (χ1n) is 8.79. The first-order valence-corrected chi connectivity index (χ1v) is 10.3. The number of hydrogen-bond donors (Lipinski definition) is 2. The van der Waals surface area contributed by atoms with E-state index in [4.69, 9.17) is 5.11 Å². The summed E-state index contributed by atoms with van der Waals surface area (Å²) in [5, 5.41) is 18.1. The zero-order chi connectivity index (χ0) is 17.3. The van der Waals surface area contributed by atoms with Gasteiger partial charge in [0, 0.05) is 35.1 Å². The number of aliphatic carboxylic acids is 1. The van der Waals surface area contributed by atoms with Crippen LogP contribution in [0.3, 0.4) is 0 Å². The Balaban J connectivity index is 3.38. The molecule has 0 rings (SSSR count). The van der Waals surface area contributed by atoms with Crippen LogP contribution >= 0.6 is 0 Å². The average molecular weight is 345 g/mol. The largest absolute Gasteiger partial charge is 0.481 e. The van der Waals surface area contributed by atoms with Crippen molar-refractivity contribution in [2.75, 3.05) is 11.5 Å². The van der Waals surface area contributed by atoms with E-state index in [0.717, 1.165) is 57.8 Å². The van der Waals surface area contributed by atoms with Gasteiger partial charge in [0.05, 0.1) is 0 Å². The highest BCUT2D eigenvalue weighted by molar-refractivity contribution is 7.84. The number of aliphatic hydroxyl groups excluding tert-OH is 1. The lowest BCUT2D eigenvalue weighted by atomic mass is 10.1. The number of aliphatic hydroxyl groups is 1. The van der Waals surface area contributed by atoms with E-state index < -0.39 is 22.9 Å². The lowest BCUT2D eigenvalue weighted by Crippen LogP contribution is -2.05. The summed E-state index contributed by atoms with van der Waals surface area (Å²) in [6.45, 7) is 2.10. The molecule has 0 heterocycles. The average Bonchev–Trinajstić information content (AvgIpc) is 2.50. The molecule has 0 aromatic heterocycles. The Labute approximate surface area is 143 Å². The summed E-state index contributed by atoms with van der Waals surface area (Å²) >= 11 is 0. The summed E-state index contributed by atoms with van der Waals surface area (Å²) in [6.07, 6.45) is 9.16. The molecule has 4 nitrogen and oxygen atoms in total. The second-order valence-corrected chi connectivity index (χ2v) is 7.54. The number of rotatable bonds is 14. The Hall–Kier alpha value is -0.860. The standard InChI is InChI=1S/C18H32O4S/c1-2-3-12-17(19)13-9-7-5-4-6-8-10-15-23(22)16-11-14-18(20)21/h17,19H,2-8,10-12,14-16H2,1H3,(H,20,21)/t17-,23?/m1/s1. The van der Waals surface area contributed by atoms with Crippen LogP contribution in [0.1, 0.15) is 77.6 Å². The molecule has 0 radical (unpaired) electrons. The normalized spacial score (nSPS) is 13.1. The summed E-state index contributed by atoms with van der Waals surface area (Å²) < 4.78 is 11.6. The minimum Gasteiger partial charge on any atom is -0.481 e. The molecule has 0 aliphatic heterocycles. The van der Waals surface area contributed by atoms with Crippen molar-refractivity contribution in [2.24, 2.45) is 0 Å². The maximum absolute atomic E-state index is 11.6. The number of carboxylic acids is 1. The van der Waals surface area contributed by atoms with Gasteiger partial charge in [0.2, 0.25) is 0 Å². The van der Waals surface area contributed by atoms with Crippen LogP contribution in [0.2, 0.25) is 0 Å². The van der Waals surface area contributed by atoms with Crippen molar-refractivity contribution in [3.05, 3.63) is 0 Å². The monoisotopic (exact) mass is 344 g/mol. The fourth-order valence-corrected chi connectivity index (χ4v) is 3.35. The van der Waals surface area contributed by atoms with Gasteiger partial charge in [0.25, 0.3) is 0 Å². The number of hydrogen-bond acceptors (Lipinski definition) is 3. The SMILES string of the molecule is CCCC[C@@H](O)C#CCCCCCCCS(=O)CCCC(=O)O. The van der Waals surface area contributed by atoms with E-state index in [1.54, 1.807) is 0 Å². The molecule has 2 N–H and O–H groups in total. The first kappa shape index (κ1) is 22.1. The van der Waals surface area contributed by atoms with Crippen LogP contribution in [0.15, 0.2) is 0 Å². The second-order valence-electron chi connectivity index (χ2n) is 5.84. The fourth-order valence-electron chi connectivity index (χ4n) is 2.15. The Morgan fingerprint density at radius 2 is 1.70 bits per heavy atom. The first-order chi connectivity index (χ1) is 11.1. The molecule has 23 heavy (non-hydrogen) atoms. The maximum atomic E-state index is 11.6. The van der Waals surface area contributed by atoms with E-state index in [1.165, 1.54) is 0 Å².